The second kappa shape index (κ2) is 5.89. The summed E-state index contributed by atoms with van der Waals surface area (Å²) in [6, 6.07) is -1.46. The van der Waals surface area contributed by atoms with Crippen molar-refractivity contribution in [3.63, 3.8) is 0 Å². The lowest BCUT2D eigenvalue weighted by molar-refractivity contribution is -0.145. The Hall–Kier alpha value is -2.03. The summed E-state index contributed by atoms with van der Waals surface area (Å²) in [5.41, 5.74) is 0. The molecule has 0 bridgehead atoms. The Morgan fingerprint density at radius 2 is 2.41 bits per heavy atom. The molecule has 6 heteroatoms. The smallest absolute Gasteiger partial charge is 0.329 e. The van der Waals surface area contributed by atoms with E-state index in [4.69, 9.17) is 6.42 Å². The number of methoxy groups -OCH3 is 1. The van der Waals surface area contributed by atoms with Gasteiger partial charge in [-0.05, 0) is 6.42 Å². The van der Waals surface area contributed by atoms with E-state index < -0.39 is 24.0 Å². The van der Waals surface area contributed by atoms with Gasteiger partial charge in [-0.1, -0.05) is 0 Å². The molecule has 0 aromatic heterocycles. The Kier molecular flexibility index (Phi) is 4.52. The first-order valence-electron chi connectivity index (χ1n) is 5.19. The highest BCUT2D eigenvalue weighted by Gasteiger charge is 2.30. The molecule has 17 heavy (non-hydrogen) atoms. The van der Waals surface area contributed by atoms with E-state index >= 15 is 0 Å². The molecule has 1 aliphatic heterocycles. The first-order valence-corrected chi connectivity index (χ1v) is 5.19. The highest BCUT2D eigenvalue weighted by molar-refractivity contribution is 5.93. The zero-order valence-electron chi connectivity index (χ0n) is 9.49. The molecule has 2 amide bonds. The SMILES string of the molecule is C#CC[C@@H](NC(=O)[C@H]1CCC(=O)N1)C(=O)OC. The van der Waals surface area contributed by atoms with Crippen LogP contribution in [0.2, 0.25) is 0 Å². The van der Waals surface area contributed by atoms with Gasteiger partial charge in [0.1, 0.15) is 12.1 Å². The summed E-state index contributed by atoms with van der Waals surface area (Å²) in [6.45, 7) is 0. The van der Waals surface area contributed by atoms with E-state index in [1.807, 2.05) is 0 Å². The van der Waals surface area contributed by atoms with Gasteiger partial charge < -0.3 is 15.4 Å². The molecule has 92 valence electrons. The van der Waals surface area contributed by atoms with Gasteiger partial charge in [0.25, 0.3) is 0 Å². The summed E-state index contributed by atoms with van der Waals surface area (Å²) in [7, 11) is 1.22. The maximum absolute atomic E-state index is 11.7. The summed E-state index contributed by atoms with van der Waals surface area (Å²) in [5, 5.41) is 4.96. The Bertz CT molecular complexity index is 372. The summed E-state index contributed by atoms with van der Waals surface area (Å²) < 4.78 is 4.51. The number of esters is 1. The van der Waals surface area contributed by atoms with Crippen LogP contribution in [0.3, 0.4) is 0 Å². The number of hydrogen-bond acceptors (Lipinski definition) is 4. The van der Waals surface area contributed by atoms with Crippen molar-refractivity contribution in [3.05, 3.63) is 0 Å². The zero-order chi connectivity index (χ0) is 12.8. The van der Waals surface area contributed by atoms with Gasteiger partial charge in [-0.2, -0.15) is 0 Å². The predicted molar refractivity (Wildman–Crippen MR) is 58.6 cm³/mol. The molecule has 0 aliphatic carbocycles. The van der Waals surface area contributed by atoms with Crippen molar-refractivity contribution in [2.24, 2.45) is 0 Å². The first-order chi connectivity index (χ1) is 8.08. The van der Waals surface area contributed by atoms with E-state index in [0.717, 1.165) is 0 Å². The fourth-order valence-electron chi connectivity index (χ4n) is 1.54. The summed E-state index contributed by atoms with van der Waals surface area (Å²) >= 11 is 0. The van der Waals surface area contributed by atoms with Gasteiger partial charge in [-0.3, -0.25) is 9.59 Å². The standard InChI is InChI=1S/C11H14N2O4/c1-3-4-8(11(16)17-2)13-10(15)7-5-6-9(14)12-7/h1,7-8H,4-6H2,2H3,(H,12,14)(H,13,15)/t7-,8-/m1/s1. The largest absolute Gasteiger partial charge is 0.467 e. The molecule has 0 aromatic rings. The quantitative estimate of drug-likeness (QED) is 0.483. The van der Waals surface area contributed by atoms with Crippen molar-refractivity contribution < 1.29 is 19.1 Å². The normalized spacial score (nSPS) is 20.0. The number of rotatable bonds is 4. The fraction of sp³-hybridized carbons (Fsp3) is 0.545. The van der Waals surface area contributed by atoms with Crippen molar-refractivity contribution in [1.29, 1.82) is 0 Å². The third kappa shape index (κ3) is 3.48. The van der Waals surface area contributed by atoms with Crippen LogP contribution in [0.4, 0.5) is 0 Å². The van der Waals surface area contributed by atoms with Gasteiger partial charge in [0.15, 0.2) is 0 Å². The number of ether oxygens (including phenoxy) is 1. The molecule has 2 N–H and O–H groups in total. The van der Waals surface area contributed by atoms with Crippen LogP contribution in [0.25, 0.3) is 0 Å². The Morgan fingerprint density at radius 3 is 2.88 bits per heavy atom. The Balaban J connectivity index is 2.55. The van der Waals surface area contributed by atoms with E-state index in [-0.39, 0.29) is 12.3 Å². The van der Waals surface area contributed by atoms with Crippen LogP contribution in [-0.4, -0.2) is 37.0 Å². The number of hydrogen-bond donors (Lipinski definition) is 2. The molecular formula is C11H14N2O4. The molecule has 6 nitrogen and oxygen atoms in total. The number of terminal acetylenes is 1. The summed E-state index contributed by atoms with van der Waals surface area (Å²) in [5.74, 6) is 1.10. The van der Waals surface area contributed by atoms with Gasteiger partial charge in [-0.15, -0.1) is 12.3 Å². The monoisotopic (exact) mass is 238 g/mol. The highest BCUT2D eigenvalue weighted by atomic mass is 16.5. The van der Waals surface area contributed by atoms with Crippen molar-refractivity contribution in [2.75, 3.05) is 7.11 Å². The van der Waals surface area contributed by atoms with Crippen molar-refractivity contribution in [3.8, 4) is 12.3 Å². The topological polar surface area (TPSA) is 84.5 Å². The van der Waals surface area contributed by atoms with E-state index in [9.17, 15) is 14.4 Å². The lowest BCUT2D eigenvalue weighted by Crippen LogP contribution is -2.48. The molecule has 2 atom stereocenters. The summed E-state index contributed by atoms with van der Waals surface area (Å²) in [4.78, 5) is 33.9. The molecule has 1 saturated heterocycles. The molecule has 1 fully saturated rings. The Labute approximate surface area is 99.1 Å². The number of carbonyl (C=O) groups is 3. The van der Waals surface area contributed by atoms with Crippen LogP contribution < -0.4 is 10.6 Å². The number of amides is 2. The van der Waals surface area contributed by atoms with E-state index in [2.05, 4.69) is 21.3 Å². The molecule has 0 saturated carbocycles. The third-order valence-corrected chi connectivity index (χ3v) is 2.44. The maximum Gasteiger partial charge on any atom is 0.329 e. The number of nitrogens with one attached hydrogen (secondary N) is 2. The van der Waals surface area contributed by atoms with Crippen LogP contribution in [0, 0.1) is 12.3 Å². The molecule has 1 rings (SSSR count). The predicted octanol–water partition coefficient (Wildman–Crippen LogP) is -1.05. The third-order valence-electron chi connectivity index (χ3n) is 2.44. The van der Waals surface area contributed by atoms with Crippen LogP contribution >= 0.6 is 0 Å². The second-order valence-corrected chi connectivity index (χ2v) is 3.65. The highest BCUT2D eigenvalue weighted by Crippen LogP contribution is 2.07. The minimum atomic E-state index is -0.866. The van der Waals surface area contributed by atoms with Gasteiger partial charge in [-0.25, -0.2) is 4.79 Å². The Morgan fingerprint density at radius 1 is 1.71 bits per heavy atom. The van der Waals surface area contributed by atoms with Gasteiger partial charge in [0, 0.05) is 12.8 Å². The molecule has 1 aliphatic rings. The number of carbonyl (C=O) groups excluding carboxylic acids is 3. The van der Waals surface area contributed by atoms with Crippen molar-refractivity contribution >= 4 is 17.8 Å². The van der Waals surface area contributed by atoms with Gasteiger partial charge >= 0.3 is 5.97 Å². The van der Waals surface area contributed by atoms with Crippen LogP contribution in [0.5, 0.6) is 0 Å². The fourth-order valence-corrected chi connectivity index (χ4v) is 1.54. The van der Waals surface area contributed by atoms with E-state index in [1.165, 1.54) is 7.11 Å². The molecule has 0 spiro atoms. The van der Waals surface area contributed by atoms with Crippen LogP contribution in [-0.2, 0) is 19.1 Å². The average Bonchev–Trinajstić information content (AvgIpc) is 2.74. The average molecular weight is 238 g/mol. The van der Waals surface area contributed by atoms with Crippen molar-refractivity contribution in [1.82, 2.24) is 10.6 Å². The minimum absolute atomic E-state index is 0.0546. The van der Waals surface area contributed by atoms with Crippen LogP contribution in [0.15, 0.2) is 0 Å². The van der Waals surface area contributed by atoms with Crippen molar-refractivity contribution in [2.45, 2.75) is 31.3 Å². The lowest BCUT2D eigenvalue weighted by atomic mass is 10.1. The molecule has 0 unspecified atom stereocenters. The molecular weight excluding hydrogens is 224 g/mol. The van der Waals surface area contributed by atoms with E-state index in [0.29, 0.717) is 12.8 Å². The molecule has 1 heterocycles. The molecule has 0 radical (unpaired) electrons. The maximum atomic E-state index is 11.7. The van der Waals surface area contributed by atoms with Crippen LogP contribution in [0.1, 0.15) is 19.3 Å². The second-order valence-electron chi connectivity index (χ2n) is 3.65. The lowest BCUT2D eigenvalue weighted by Gasteiger charge is -2.16. The van der Waals surface area contributed by atoms with Gasteiger partial charge in [0.05, 0.1) is 7.11 Å². The van der Waals surface area contributed by atoms with Gasteiger partial charge in [0.2, 0.25) is 11.8 Å². The first kappa shape index (κ1) is 13.0. The summed E-state index contributed by atoms with van der Waals surface area (Å²) in [6.07, 6.45) is 5.89. The minimum Gasteiger partial charge on any atom is -0.467 e. The van der Waals surface area contributed by atoms with E-state index in [1.54, 1.807) is 0 Å². The molecule has 0 aromatic carbocycles. The zero-order valence-corrected chi connectivity index (χ0v) is 9.49.